The van der Waals surface area contributed by atoms with Crippen molar-refractivity contribution in [1.29, 1.82) is 0 Å². The topological polar surface area (TPSA) is 43.1 Å². The van der Waals surface area contributed by atoms with Gasteiger partial charge in [0.1, 0.15) is 5.78 Å². The van der Waals surface area contributed by atoms with Crippen molar-refractivity contribution in [2.24, 2.45) is 11.7 Å². The monoisotopic (exact) mass is 267 g/mol. The first-order chi connectivity index (χ1) is 9.24. The van der Waals surface area contributed by atoms with E-state index in [2.05, 4.69) is 6.92 Å². The number of carbonyl (C=O) groups excluding carboxylic acids is 1. The van der Waals surface area contributed by atoms with Gasteiger partial charge in [-0.2, -0.15) is 0 Å². The molecule has 2 heteroatoms. The molecular weight excluding hydrogens is 234 g/mol. The summed E-state index contributed by atoms with van der Waals surface area (Å²) < 4.78 is 0. The van der Waals surface area contributed by atoms with Crippen LogP contribution in [0.1, 0.15) is 90.4 Å². The number of ketones is 1. The van der Waals surface area contributed by atoms with E-state index in [0.717, 1.165) is 38.5 Å². The Hall–Kier alpha value is -0.370. The zero-order valence-corrected chi connectivity index (χ0v) is 12.8. The normalized spacial score (nSPS) is 23.5. The summed E-state index contributed by atoms with van der Waals surface area (Å²) in [6.07, 6.45) is 15.5. The van der Waals surface area contributed by atoms with Gasteiger partial charge in [-0.1, -0.05) is 51.9 Å². The quantitative estimate of drug-likeness (QED) is 0.588. The lowest BCUT2D eigenvalue weighted by atomic mass is 9.82. The van der Waals surface area contributed by atoms with Crippen molar-refractivity contribution in [3.05, 3.63) is 0 Å². The van der Waals surface area contributed by atoms with Gasteiger partial charge in [0.05, 0.1) is 0 Å². The van der Waals surface area contributed by atoms with Crippen LogP contribution in [0, 0.1) is 5.92 Å². The van der Waals surface area contributed by atoms with Crippen LogP contribution in [0.5, 0.6) is 0 Å². The van der Waals surface area contributed by atoms with Gasteiger partial charge in [0.2, 0.25) is 0 Å². The number of nitrogens with two attached hydrogens (primary N) is 1. The molecule has 1 rings (SSSR count). The highest BCUT2D eigenvalue weighted by atomic mass is 16.1. The van der Waals surface area contributed by atoms with Gasteiger partial charge in [-0.15, -0.1) is 0 Å². The van der Waals surface area contributed by atoms with Crippen LogP contribution in [0.15, 0.2) is 0 Å². The Morgan fingerprint density at radius 2 is 1.42 bits per heavy atom. The molecule has 1 aliphatic rings. The van der Waals surface area contributed by atoms with E-state index < -0.39 is 0 Å². The van der Waals surface area contributed by atoms with E-state index in [1.807, 2.05) is 0 Å². The molecule has 112 valence electrons. The van der Waals surface area contributed by atoms with Crippen molar-refractivity contribution >= 4 is 5.78 Å². The van der Waals surface area contributed by atoms with Crippen molar-refractivity contribution in [1.82, 2.24) is 0 Å². The predicted molar refractivity (Wildman–Crippen MR) is 82.2 cm³/mol. The fourth-order valence-corrected chi connectivity index (χ4v) is 3.08. The molecule has 0 bridgehead atoms. The number of hydrogen-bond donors (Lipinski definition) is 1. The summed E-state index contributed by atoms with van der Waals surface area (Å²) in [6.45, 7) is 2.25. The SMILES string of the molecule is CCCCCCCCCCC(=O)C1CCC(N)CC1. The maximum Gasteiger partial charge on any atom is 0.135 e. The average Bonchev–Trinajstić information content (AvgIpc) is 2.42. The van der Waals surface area contributed by atoms with Gasteiger partial charge in [-0.05, 0) is 32.1 Å². The Morgan fingerprint density at radius 1 is 0.895 bits per heavy atom. The summed E-state index contributed by atoms with van der Waals surface area (Å²) in [4.78, 5) is 12.0. The van der Waals surface area contributed by atoms with E-state index in [4.69, 9.17) is 5.73 Å². The molecule has 0 saturated heterocycles. The second-order valence-corrected chi connectivity index (χ2v) is 6.30. The molecule has 0 unspecified atom stereocenters. The van der Waals surface area contributed by atoms with Crippen LogP contribution in [0.4, 0.5) is 0 Å². The zero-order chi connectivity index (χ0) is 13.9. The molecule has 0 aromatic rings. The van der Waals surface area contributed by atoms with E-state index in [0.29, 0.717) is 17.7 Å². The largest absolute Gasteiger partial charge is 0.328 e. The minimum Gasteiger partial charge on any atom is -0.328 e. The maximum absolute atomic E-state index is 12.0. The summed E-state index contributed by atoms with van der Waals surface area (Å²) in [5.74, 6) is 0.849. The molecule has 1 saturated carbocycles. The minimum atomic E-state index is 0.337. The molecule has 0 aliphatic heterocycles. The number of rotatable bonds is 10. The van der Waals surface area contributed by atoms with Gasteiger partial charge in [-0.25, -0.2) is 0 Å². The smallest absolute Gasteiger partial charge is 0.135 e. The molecule has 0 amide bonds. The van der Waals surface area contributed by atoms with Crippen molar-refractivity contribution in [3.8, 4) is 0 Å². The van der Waals surface area contributed by atoms with E-state index >= 15 is 0 Å². The van der Waals surface area contributed by atoms with Crippen molar-refractivity contribution in [2.45, 2.75) is 96.4 Å². The van der Waals surface area contributed by atoms with Crippen LogP contribution >= 0.6 is 0 Å². The van der Waals surface area contributed by atoms with Gasteiger partial charge >= 0.3 is 0 Å². The summed E-state index contributed by atoms with van der Waals surface area (Å²) in [7, 11) is 0. The molecule has 2 nitrogen and oxygen atoms in total. The Labute approximate surface area is 119 Å². The Kier molecular flexibility index (Phi) is 9.15. The summed E-state index contributed by atoms with van der Waals surface area (Å²) in [6, 6.07) is 0.354. The second kappa shape index (κ2) is 10.4. The highest BCUT2D eigenvalue weighted by Crippen LogP contribution is 2.25. The predicted octanol–water partition coefficient (Wildman–Crippen LogP) is 4.60. The van der Waals surface area contributed by atoms with Crippen molar-refractivity contribution in [2.75, 3.05) is 0 Å². The van der Waals surface area contributed by atoms with E-state index in [-0.39, 0.29) is 0 Å². The van der Waals surface area contributed by atoms with Crippen LogP contribution in [-0.4, -0.2) is 11.8 Å². The zero-order valence-electron chi connectivity index (χ0n) is 12.8. The van der Waals surface area contributed by atoms with Gasteiger partial charge in [-0.3, -0.25) is 4.79 Å². The third-order valence-corrected chi connectivity index (χ3v) is 4.50. The van der Waals surface area contributed by atoms with Crippen molar-refractivity contribution in [3.63, 3.8) is 0 Å². The number of carbonyl (C=O) groups is 1. The molecule has 2 N–H and O–H groups in total. The standard InChI is InChI=1S/C17H33NO/c1-2-3-4-5-6-7-8-9-10-17(19)15-11-13-16(18)14-12-15/h15-16H,2-14,18H2,1H3. The first-order valence-electron chi connectivity index (χ1n) is 8.52. The summed E-state index contributed by atoms with van der Waals surface area (Å²) in [5.41, 5.74) is 5.88. The fraction of sp³-hybridized carbons (Fsp3) is 0.941. The van der Waals surface area contributed by atoms with Crippen molar-refractivity contribution < 1.29 is 4.79 Å². The molecule has 0 aromatic heterocycles. The molecule has 0 spiro atoms. The third kappa shape index (κ3) is 7.71. The lowest BCUT2D eigenvalue weighted by Gasteiger charge is -2.24. The molecule has 19 heavy (non-hydrogen) atoms. The summed E-state index contributed by atoms with van der Waals surface area (Å²) in [5, 5.41) is 0. The minimum absolute atomic E-state index is 0.337. The lowest BCUT2D eigenvalue weighted by Crippen LogP contribution is -2.29. The maximum atomic E-state index is 12.0. The Balaban J connectivity index is 1.93. The molecule has 1 aliphatic carbocycles. The highest BCUT2D eigenvalue weighted by molar-refractivity contribution is 5.81. The van der Waals surface area contributed by atoms with E-state index in [9.17, 15) is 4.79 Å². The third-order valence-electron chi connectivity index (χ3n) is 4.50. The molecule has 0 atom stereocenters. The number of Topliss-reactive ketones (excluding diaryl/α,β-unsaturated/α-hetero) is 1. The second-order valence-electron chi connectivity index (χ2n) is 6.30. The number of unbranched alkanes of at least 4 members (excludes halogenated alkanes) is 7. The van der Waals surface area contributed by atoms with E-state index in [1.165, 1.54) is 44.9 Å². The van der Waals surface area contributed by atoms with Gasteiger partial charge in [0, 0.05) is 18.4 Å². The first-order valence-corrected chi connectivity index (χ1v) is 8.52. The molecule has 1 fully saturated rings. The Bertz CT molecular complexity index is 231. The Morgan fingerprint density at radius 3 is 2.00 bits per heavy atom. The molecule has 0 heterocycles. The van der Waals surface area contributed by atoms with Gasteiger partial charge < -0.3 is 5.73 Å². The molecule has 0 aromatic carbocycles. The molecular formula is C17H33NO. The average molecular weight is 267 g/mol. The highest BCUT2D eigenvalue weighted by Gasteiger charge is 2.23. The van der Waals surface area contributed by atoms with Crippen LogP contribution in [0.2, 0.25) is 0 Å². The van der Waals surface area contributed by atoms with Gasteiger partial charge in [0.25, 0.3) is 0 Å². The lowest BCUT2D eigenvalue weighted by molar-refractivity contribution is -0.124. The van der Waals surface area contributed by atoms with Crippen LogP contribution in [0.25, 0.3) is 0 Å². The fourth-order valence-electron chi connectivity index (χ4n) is 3.08. The van der Waals surface area contributed by atoms with Crippen LogP contribution < -0.4 is 5.73 Å². The van der Waals surface area contributed by atoms with E-state index in [1.54, 1.807) is 0 Å². The summed E-state index contributed by atoms with van der Waals surface area (Å²) >= 11 is 0. The molecule has 0 radical (unpaired) electrons. The van der Waals surface area contributed by atoms with Crippen LogP contribution in [0.3, 0.4) is 0 Å². The first kappa shape index (κ1) is 16.7. The number of hydrogen-bond acceptors (Lipinski definition) is 2. The van der Waals surface area contributed by atoms with Gasteiger partial charge in [0.15, 0.2) is 0 Å². The van der Waals surface area contributed by atoms with Crippen LogP contribution in [-0.2, 0) is 4.79 Å².